The van der Waals surface area contributed by atoms with E-state index in [2.05, 4.69) is 24.4 Å². The van der Waals surface area contributed by atoms with Gasteiger partial charge in [0.1, 0.15) is 18.1 Å². The van der Waals surface area contributed by atoms with Crippen LogP contribution >= 0.6 is 0 Å². The highest BCUT2D eigenvalue weighted by Crippen LogP contribution is 2.28. The Bertz CT molecular complexity index is 1210. The van der Waals surface area contributed by atoms with Crippen LogP contribution < -0.4 is 14.8 Å². The molecule has 0 heterocycles. The molecule has 0 aliphatic heterocycles. The summed E-state index contributed by atoms with van der Waals surface area (Å²) in [7, 11) is 0. The number of amides is 1. The van der Waals surface area contributed by atoms with Gasteiger partial charge in [-0.15, -0.1) is 0 Å². The van der Waals surface area contributed by atoms with Crippen LogP contribution in [0.3, 0.4) is 0 Å². The zero-order valence-corrected chi connectivity index (χ0v) is 18.4. The van der Waals surface area contributed by atoms with Crippen molar-refractivity contribution < 1.29 is 14.3 Å². The van der Waals surface area contributed by atoms with E-state index in [1.807, 2.05) is 73.7 Å². The topological polar surface area (TPSA) is 47.6 Å². The van der Waals surface area contributed by atoms with Crippen molar-refractivity contribution in [2.75, 3.05) is 11.9 Å². The molecular formula is C28H27NO3. The van der Waals surface area contributed by atoms with E-state index >= 15 is 0 Å². The number of hydrogen-bond donors (Lipinski definition) is 1. The second-order valence-corrected chi connectivity index (χ2v) is 7.53. The minimum atomic E-state index is -0.163. The summed E-state index contributed by atoms with van der Waals surface area (Å²) in [5, 5.41) is 5.14. The van der Waals surface area contributed by atoms with Crippen molar-refractivity contribution in [3.05, 3.63) is 102 Å². The molecule has 0 saturated carbocycles. The predicted molar refractivity (Wildman–Crippen MR) is 130 cm³/mol. The molecule has 0 spiro atoms. The first-order valence-corrected chi connectivity index (χ1v) is 10.9. The van der Waals surface area contributed by atoms with Crippen molar-refractivity contribution in [1.29, 1.82) is 0 Å². The highest BCUT2D eigenvalue weighted by Gasteiger charge is 2.12. The summed E-state index contributed by atoms with van der Waals surface area (Å²) >= 11 is 0. The number of carbonyl (C=O) groups is 1. The molecule has 32 heavy (non-hydrogen) atoms. The Morgan fingerprint density at radius 2 is 1.59 bits per heavy atom. The van der Waals surface area contributed by atoms with E-state index in [1.54, 1.807) is 6.07 Å². The van der Waals surface area contributed by atoms with Gasteiger partial charge in [-0.3, -0.25) is 4.79 Å². The van der Waals surface area contributed by atoms with Gasteiger partial charge in [0.2, 0.25) is 0 Å². The standard InChI is InChI=1S/C28H27NO3/c1-3-20-12-15-24(16-13-20)29-28(30)22-14-17-26(31-4-2)23(18-22)19-32-27-11-7-9-21-8-5-6-10-25(21)27/h5-18H,3-4,19H2,1-2H3,(H,29,30). The smallest absolute Gasteiger partial charge is 0.255 e. The maximum atomic E-state index is 12.8. The first-order chi connectivity index (χ1) is 15.7. The van der Waals surface area contributed by atoms with Crippen LogP contribution in [0.25, 0.3) is 10.8 Å². The molecule has 4 aromatic carbocycles. The van der Waals surface area contributed by atoms with E-state index in [-0.39, 0.29) is 5.91 Å². The van der Waals surface area contributed by atoms with Crippen LogP contribution in [-0.4, -0.2) is 12.5 Å². The Hall–Kier alpha value is -3.79. The monoisotopic (exact) mass is 425 g/mol. The lowest BCUT2D eigenvalue weighted by molar-refractivity contribution is 0.102. The number of carbonyl (C=O) groups excluding carboxylic acids is 1. The van der Waals surface area contributed by atoms with Gasteiger partial charge in [-0.1, -0.05) is 55.5 Å². The maximum Gasteiger partial charge on any atom is 0.255 e. The SMILES string of the molecule is CCOc1ccc(C(=O)Nc2ccc(CC)cc2)cc1COc1cccc2ccccc12. The Labute approximate surface area is 188 Å². The second kappa shape index (κ2) is 10.0. The van der Waals surface area contributed by atoms with E-state index in [0.717, 1.165) is 39.9 Å². The van der Waals surface area contributed by atoms with Gasteiger partial charge in [0, 0.05) is 22.2 Å². The lowest BCUT2D eigenvalue weighted by Gasteiger charge is -2.14. The normalized spacial score (nSPS) is 10.7. The quantitative estimate of drug-likeness (QED) is 0.345. The van der Waals surface area contributed by atoms with Gasteiger partial charge in [0.05, 0.1) is 6.61 Å². The second-order valence-electron chi connectivity index (χ2n) is 7.53. The number of rotatable bonds is 8. The van der Waals surface area contributed by atoms with Crippen molar-refractivity contribution in [2.24, 2.45) is 0 Å². The summed E-state index contributed by atoms with van der Waals surface area (Å²) in [4.78, 5) is 12.8. The Morgan fingerprint density at radius 1 is 0.812 bits per heavy atom. The summed E-state index contributed by atoms with van der Waals surface area (Å²) in [5.41, 5.74) is 3.39. The number of ether oxygens (including phenoxy) is 2. The molecule has 4 rings (SSSR count). The van der Waals surface area contributed by atoms with Crippen LogP contribution in [0.1, 0.15) is 35.3 Å². The van der Waals surface area contributed by atoms with E-state index in [0.29, 0.717) is 18.8 Å². The van der Waals surface area contributed by atoms with Gasteiger partial charge in [-0.05, 0) is 60.7 Å². The molecule has 1 amide bonds. The maximum absolute atomic E-state index is 12.8. The van der Waals surface area contributed by atoms with Gasteiger partial charge in [-0.2, -0.15) is 0 Å². The van der Waals surface area contributed by atoms with E-state index in [4.69, 9.17) is 9.47 Å². The van der Waals surface area contributed by atoms with Crippen molar-refractivity contribution >= 4 is 22.4 Å². The molecule has 0 saturated heterocycles. The number of anilines is 1. The van der Waals surface area contributed by atoms with Crippen molar-refractivity contribution in [3.8, 4) is 11.5 Å². The number of aryl methyl sites for hydroxylation is 1. The van der Waals surface area contributed by atoms with Crippen LogP contribution in [0.4, 0.5) is 5.69 Å². The summed E-state index contributed by atoms with van der Waals surface area (Å²) in [6.45, 7) is 4.89. The molecule has 0 unspecified atom stereocenters. The zero-order valence-electron chi connectivity index (χ0n) is 18.4. The number of hydrogen-bond acceptors (Lipinski definition) is 3. The van der Waals surface area contributed by atoms with Gasteiger partial charge >= 0.3 is 0 Å². The zero-order chi connectivity index (χ0) is 22.3. The van der Waals surface area contributed by atoms with Crippen LogP contribution in [0.2, 0.25) is 0 Å². The molecule has 4 aromatic rings. The minimum Gasteiger partial charge on any atom is -0.493 e. The van der Waals surface area contributed by atoms with Crippen molar-refractivity contribution in [1.82, 2.24) is 0 Å². The summed E-state index contributed by atoms with van der Waals surface area (Å²) in [6.07, 6.45) is 0.965. The van der Waals surface area contributed by atoms with Crippen LogP contribution in [0.15, 0.2) is 84.9 Å². The van der Waals surface area contributed by atoms with E-state index in [1.165, 1.54) is 5.56 Å². The molecular weight excluding hydrogens is 398 g/mol. The summed E-state index contributed by atoms with van der Waals surface area (Å²) in [6, 6.07) is 27.5. The van der Waals surface area contributed by atoms with Gasteiger partial charge in [-0.25, -0.2) is 0 Å². The number of benzene rings is 4. The number of nitrogens with one attached hydrogen (secondary N) is 1. The van der Waals surface area contributed by atoms with E-state index in [9.17, 15) is 4.79 Å². The molecule has 0 aliphatic rings. The average Bonchev–Trinajstić information content (AvgIpc) is 2.84. The summed E-state index contributed by atoms with van der Waals surface area (Å²) < 4.78 is 11.9. The molecule has 0 atom stereocenters. The van der Waals surface area contributed by atoms with Crippen molar-refractivity contribution in [2.45, 2.75) is 26.9 Å². The highest BCUT2D eigenvalue weighted by molar-refractivity contribution is 6.04. The molecule has 4 nitrogen and oxygen atoms in total. The molecule has 162 valence electrons. The van der Waals surface area contributed by atoms with Crippen molar-refractivity contribution in [3.63, 3.8) is 0 Å². The lowest BCUT2D eigenvalue weighted by atomic mass is 10.1. The highest BCUT2D eigenvalue weighted by atomic mass is 16.5. The molecule has 0 aliphatic carbocycles. The third-order valence-corrected chi connectivity index (χ3v) is 5.38. The Kier molecular flexibility index (Phi) is 6.71. The van der Waals surface area contributed by atoms with Crippen LogP contribution in [-0.2, 0) is 13.0 Å². The number of fused-ring (bicyclic) bond motifs is 1. The van der Waals surface area contributed by atoms with E-state index < -0.39 is 0 Å². The average molecular weight is 426 g/mol. The minimum absolute atomic E-state index is 0.163. The molecule has 1 N–H and O–H groups in total. The van der Waals surface area contributed by atoms with Gasteiger partial charge in [0.15, 0.2) is 0 Å². The summed E-state index contributed by atoms with van der Waals surface area (Å²) in [5.74, 6) is 1.36. The van der Waals surface area contributed by atoms with Gasteiger partial charge in [0.25, 0.3) is 5.91 Å². The first-order valence-electron chi connectivity index (χ1n) is 10.9. The fourth-order valence-corrected chi connectivity index (χ4v) is 3.63. The lowest BCUT2D eigenvalue weighted by Crippen LogP contribution is -2.13. The first kappa shape index (κ1) is 21.4. The van der Waals surface area contributed by atoms with Gasteiger partial charge < -0.3 is 14.8 Å². The fraction of sp³-hybridized carbons (Fsp3) is 0.179. The molecule has 0 radical (unpaired) electrons. The fourth-order valence-electron chi connectivity index (χ4n) is 3.63. The Morgan fingerprint density at radius 3 is 2.38 bits per heavy atom. The predicted octanol–water partition coefficient (Wildman–Crippen LogP) is 6.63. The molecule has 0 fully saturated rings. The molecule has 0 aromatic heterocycles. The van der Waals surface area contributed by atoms with Crippen LogP contribution in [0.5, 0.6) is 11.5 Å². The third kappa shape index (κ3) is 4.92. The molecule has 0 bridgehead atoms. The largest absolute Gasteiger partial charge is 0.493 e. The Balaban J connectivity index is 1.55. The van der Waals surface area contributed by atoms with Crippen LogP contribution in [0, 0.1) is 0 Å². The third-order valence-electron chi connectivity index (χ3n) is 5.38. The molecule has 4 heteroatoms.